The molecule has 3 heterocycles. The number of aromatic amines is 1. The third kappa shape index (κ3) is 19.7. The number of phosphoric acid groups is 3. The number of aromatic nitrogens is 2. The molecule has 0 saturated carbocycles. The summed E-state index contributed by atoms with van der Waals surface area (Å²) in [6.45, 7) is 20.6. The molecule has 0 amide bonds. The Labute approximate surface area is 331 Å². The summed E-state index contributed by atoms with van der Waals surface area (Å²) in [6.07, 6.45) is 10.4. The predicted octanol–water partition coefficient (Wildman–Crippen LogP) is 5.93. The van der Waals surface area contributed by atoms with E-state index in [4.69, 9.17) is 9.47 Å². The summed E-state index contributed by atoms with van der Waals surface area (Å²) in [4.78, 5) is 49.0. The van der Waals surface area contributed by atoms with Crippen molar-refractivity contribution in [2.24, 2.45) is 0 Å². The standard InChI is InChI=1S/2C12H27N.C10H15N2O15P3/c2*1-4-7-10-13(11-8-5-2)12-9-6-3;1-22-4-2-12(10(16)11-8(4)15)9-7(14)6(13)5(24-9)3-23-30(21)26-28(17,18)25-29(19,20)27-30/h2*4-12H2,1-3H3;2,5-7,9,13-14H,3H2,1H3,(H,17,18)(H,19,20)(H,11,15,16)/t;;5-,6-,7-,9-/m..1/s1. The molecule has 0 aliphatic carbocycles. The summed E-state index contributed by atoms with van der Waals surface area (Å²) in [5.41, 5.74) is -1.88. The maximum absolute atomic E-state index is 12.2. The van der Waals surface area contributed by atoms with Crippen molar-refractivity contribution in [2.75, 3.05) is 53.0 Å². The molecule has 2 saturated heterocycles. The Morgan fingerprint density at radius 3 is 1.45 bits per heavy atom. The maximum Gasteiger partial charge on any atom is 0.492 e. The van der Waals surface area contributed by atoms with Gasteiger partial charge in [-0.05, 0) is 77.8 Å². The highest BCUT2D eigenvalue weighted by atomic mass is 31.3. The van der Waals surface area contributed by atoms with Gasteiger partial charge in [-0.15, -0.1) is 0 Å². The Bertz CT molecular complexity index is 1410. The van der Waals surface area contributed by atoms with Crippen molar-refractivity contribution in [3.8, 4) is 5.75 Å². The van der Waals surface area contributed by atoms with E-state index in [-0.39, 0.29) is 5.75 Å². The molecule has 0 radical (unpaired) electrons. The first kappa shape index (κ1) is 52.7. The molecule has 1 aromatic heterocycles. The van der Waals surface area contributed by atoms with Gasteiger partial charge in [-0.25, -0.2) is 18.5 Å². The Morgan fingerprint density at radius 2 is 1.09 bits per heavy atom. The number of ether oxygens (including phenoxy) is 2. The first-order chi connectivity index (χ1) is 26.4. The number of nitrogens with one attached hydrogen (secondary N) is 1. The minimum atomic E-state index is -5.27. The number of aliphatic hydroxyl groups is 2. The van der Waals surface area contributed by atoms with Gasteiger partial charge in [0.15, 0.2) is 6.23 Å². The van der Waals surface area contributed by atoms with Crippen LogP contribution in [-0.4, -0.2) is 111 Å². The van der Waals surface area contributed by atoms with Crippen LogP contribution in [0.25, 0.3) is 0 Å². The summed E-state index contributed by atoms with van der Waals surface area (Å²) in [5.74, 6) is -0.314. The Hall–Kier alpha value is -1.27. The quantitative estimate of drug-likeness (QED) is 0.0800. The van der Waals surface area contributed by atoms with Gasteiger partial charge in [-0.2, -0.15) is 12.9 Å². The lowest BCUT2D eigenvalue weighted by molar-refractivity contribution is -0.0547. The Kier molecular flexibility index (Phi) is 25.9. The summed E-state index contributed by atoms with van der Waals surface area (Å²) in [7, 11) is -14.5. The lowest BCUT2D eigenvalue weighted by atomic mass is 10.1. The average molecular weight is 867 g/mol. The highest BCUT2D eigenvalue weighted by molar-refractivity contribution is 7.74. The van der Waals surface area contributed by atoms with Crippen LogP contribution < -0.4 is 16.0 Å². The highest BCUT2D eigenvalue weighted by Gasteiger charge is 2.55. The fraction of sp³-hybridized carbons (Fsp3) is 0.882. The van der Waals surface area contributed by atoms with Crippen molar-refractivity contribution in [1.29, 1.82) is 0 Å². The van der Waals surface area contributed by atoms with Gasteiger partial charge in [0.2, 0.25) is 5.75 Å². The van der Waals surface area contributed by atoms with E-state index in [2.05, 4.69) is 68.8 Å². The fourth-order valence-electron chi connectivity index (χ4n) is 5.50. The lowest BCUT2D eigenvalue weighted by Crippen LogP contribution is -2.38. The van der Waals surface area contributed by atoms with Crippen molar-refractivity contribution in [3.63, 3.8) is 0 Å². The topological polar surface area (TPSA) is 249 Å². The maximum atomic E-state index is 12.2. The second-order valence-corrected chi connectivity index (χ2v) is 18.6. The number of unbranched alkanes of at least 4 members (excludes halogenated alkanes) is 6. The summed E-state index contributed by atoms with van der Waals surface area (Å²) >= 11 is 0. The van der Waals surface area contributed by atoms with E-state index in [1.807, 2.05) is 4.98 Å². The van der Waals surface area contributed by atoms with Gasteiger partial charge in [0.1, 0.15) is 18.3 Å². The van der Waals surface area contributed by atoms with Crippen LogP contribution in [0, 0.1) is 0 Å². The second-order valence-electron chi connectivity index (χ2n) is 13.6. The summed E-state index contributed by atoms with van der Waals surface area (Å²) < 4.78 is 62.1. The molecule has 2 unspecified atom stereocenters. The van der Waals surface area contributed by atoms with Crippen molar-refractivity contribution in [3.05, 3.63) is 27.0 Å². The molecule has 56 heavy (non-hydrogen) atoms. The number of aliphatic hydroxyl groups excluding tert-OH is 2. The van der Waals surface area contributed by atoms with Gasteiger partial charge in [0.25, 0.3) is 5.56 Å². The van der Waals surface area contributed by atoms with Crippen LogP contribution >= 0.6 is 23.5 Å². The molecule has 2 fully saturated rings. The first-order valence-corrected chi connectivity index (χ1v) is 24.3. The SMILES string of the molecule is CCCCN(CCCC)CCCC.CCCCN(CCCC)CCCC.COc1cn([C@@H]2O[C@H](COP3(=O)OP(=O)(O)OP(=O)(O)O3)[C@@H](O)[C@H]2O)c(=O)[nH]c1=O. The minimum absolute atomic E-state index is 0.314. The molecule has 6 atom stereocenters. The van der Waals surface area contributed by atoms with E-state index in [0.29, 0.717) is 4.57 Å². The molecule has 19 nitrogen and oxygen atoms in total. The van der Waals surface area contributed by atoms with E-state index in [1.165, 1.54) is 116 Å². The smallest absolute Gasteiger partial charge is 0.490 e. The van der Waals surface area contributed by atoms with Gasteiger partial charge < -0.3 is 39.3 Å². The first-order valence-electron chi connectivity index (χ1n) is 19.8. The zero-order chi connectivity index (χ0) is 42.4. The zero-order valence-corrected chi connectivity index (χ0v) is 37.0. The Balaban J connectivity index is 0.000000501. The zero-order valence-electron chi connectivity index (χ0n) is 34.3. The van der Waals surface area contributed by atoms with Crippen LogP contribution in [0.1, 0.15) is 125 Å². The predicted molar refractivity (Wildman–Crippen MR) is 213 cm³/mol. The van der Waals surface area contributed by atoms with Crippen molar-refractivity contribution >= 4 is 23.5 Å². The van der Waals surface area contributed by atoms with Crippen molar-refractivity contribution in [2.45, 2.75) is 143 Å². The molecule has 1 aromatic rings. The van der Waals surface area contributed by atoms with Gasteiger partial charge in [-0.1, -0.05) is 80.1 Å². The number of nitrogens with zero attached hydrogens (tertiary/aromatic N) is 3. The van der Waals surface area contributed by atoms with E-state index in [0.717, 1.165) is 13.3 Å². The molecule has 0 bridgehead atoms. The molecule has 2 aliphatic rings. The molecular weight excluding hydrogens is 797 g/mol. The number of rotatable bonds is 23. The summed E-state index contributed by atoms with van der Waals surface area (Å²) in [6, 6.07) is 0. The Morgan fingerprint density at radius 1 is 0.696 bits per heavy atom. The van der Waals surface area contributed by atoms with E-state index < -0.39 is 65.9 Å². The molecular formula is C34H69N4O15P3. The fourth-order valence-corrected chi connectivity index (χ4v) is 10.4. The van der Waals surface area contributed by atoms with Crippen LogP contribution in [0.15, 0.2) is 15.8 Å². The molecule has 5 N–H and O–H groups in total. The number of H-pyrrole nitrogens is 1. The third-order valence-corrected chi connectivity index (χ3v) is 14.1. The minimum Gasteiger partial charge on any atom is -0.490 e. The highest BCUT2D eigenvalue weighted by Crippen LogP contribution is 2.80. The van der Waals surface area contributed by atoms with Gasteiger partial charge in [0.05, 0.1) is 19.9 Å². The largest absolute Gasteiger partial charge is 0.492 e. The monoisotopic (exact) mass is 866 g/mol. The lowest BCUT2D eigenvalue weighted by Gasteiger charge is -2.27. The van der Waals surface area contributed by atoms with E-state index in [9.17, 15) is 43.3 Å². The van der Waals surface area contributed by atoms with Crippen LogP contribution in [0.4, 0.5) is 0 Å². The normalized spacial score (nSPS) is 27.4. The average Bonchev–Trinajstić information content (AvgIpc) is 3.41. The molecule has 0 spiro atoms. The molecule has 22 heteroatoms. The van der Waals surface area contributed by atoms with Crippen LogP contribution in [0.2, 0.25) is 0 Å². The van der Waals surface area contributed by atoms with Gasteiger partial charge >= 0.3 is 29.2 Å². The third-order valence-electron chi connectivity index (χ3n) is 8.74. The molecule has 2 aliphatic heterocycles. The molecule has 3 rings (SSSR count). The number of methoxy groups -OCH3 is 1. The number of hydrogen-bond donors (Lipinski definition) is 5. The second kappa shape index (κ2) is 27.5. The van der Waals surface area contributed by atoms with Gasteiger partial charge in [0, 0.05) is 0 Å². The van der Waals surface area contributed by atoms with Crippen LogP contribution in [-0.2, 0) is 35.9 Å². The van der Waals surface area contributed by atoms with Crippen LogP contribution in [0.5, 0.6) is 5.75 Å². The van der Waals surface area contributed by atoms with Crippen LogP contribution in [0.3, 0.4) is 0 Å². The van der Waals surface area contributed by atoms with Crippen molar-refractivity contribution < 1.29 is 60.6 Å². The molecule has 0 aromatic carbocycles. The van der Waals surface area contributed by atoms with E-state index >= 15 is 0 Å². The summed E-state index contributed by atoms with van der Waals surface area (Å²) in [5, 5.41) is 20.3. The number of hydrogen-bond acceptors (Lipinski definition) is 15. The van der Waals surface area contributed by atoms with Crippen molar-refractivity contribution in [1.82, 2.24) is 19.4 Å². The van der Waals surface area contributed by atoms with E-state index in [1.54, 1.807) is 0 Å². The molecule has 330 valence electrons. The van der Waals surface area contributed by atoms with Gasteiger partial charge in [-0.3, -0.25) is 18.9 Å².